The van der Waals surface area contributed by atoms with Gasteiger partial charge in [0, 0.05) is 17.7 Å². The number of rotatable bonds is 3. The molecule has 0 saturated heterocycles. The quantitative estimate of drug-likeness (QED) is 0.885. The van der Waals surface area contributed by atoms with E-state index >= 15 is 0 Å². The van der Waals surface area contributed by atoms with E-state index in [0.29, 0.717) is 0 Å². The van der Waals surface area contributed by atoms with E-state index in [4.69, 9.17) is 0 Å². The van der Waals surface area contributed by atoms with Crippen molar-refractivity contribution >= 4 is 26.6 Å². The van der Waals surface area contributed by atoms with Crippen LogP contribution in [0.1, 0.15) is 0 Å². The van der Waals surface area contributed by atoms with Crippen LogP contribution in [0.25, 0.3) is 0 Å². The van der Waals surface area contributed by atoms with Crippen LogP contribution in [0.2, 0.25) is 0 Å². The van der Waals surface area contributed by atoms with Gasteiger partial charge in [0.1, 0.15) is 5.00 Å². The molecular weight excluding hydrogens is 255 g/mol. The SMILES string of the molecule is O=S(=O)(Nc1cnns1)c1ncccc1F. The maximum atomic E-state index is 13.2. The Hall–Kier alpha value is -1.61. The van der Waals surface area contributed by atoms with E-state index in [1.54, 1.807) is 0 Å². The molecule has 0 aromatic carbocycles. The van der Waals surface area contributed by atoms with Crippen molar-refractivity contribution in [2.75, 3.05) is 4.72 Å². The largest absolute Gasteiger partial charge is 0.283 e. The van der Waals surface area contributed by atoms with Crippen molar-refractivity contribution in [3.05, 3.63) is 30.3 Å². The summed E-state index contributed by atoms with van der Waals surface area (Å²) in [6, 6.07) is 2.33. The van der Waals surface area contributed by atoms with Crippen molar-refractivity contribution in [1.29, 1.82) is 0 Å². The van der Waals surface area contributed by atoms with Gasteiger partial charge in [-0.1, -0.05) is 4.49 Å². The lowest BCUT2D eigenvalue weighted by Gasteiger charge is -2.04. The Kier molecular flexibility index (Phi) is 2.79. The van der Waals surface area contributed by atoms with E-state index in [9.17, 15) is 12.8 Å². The first-order chi connectivity index (χ1) is 7.59. The highest BCUT2D eigenvalue weighted by molar-refractivity contribution is 7.92. The summed E-state index contributed by atoms with van der Waals surface area (Å²) in [5.41, 5.74) is 0. The zero-order valence-electron chi connectivity index (χ0n) is 7.66. The molecule has 0 saturated carbocycles. The third-order valence-electron chi connectivity index (χ3n) is 1.58. The Balaban J connectivity index is 2.37. The van der Waals surface area contributed by atoms with Crippen molar-refractivity contribution in [2.45, 2.75) is 5.03 Å². The Morgan fingerprint density at radius 1 is 1.44 bits per heavy atom. The Labute approximate surface area is 94.4 Å². The predicted octanol–water partition coefficient (Wildman–Crippen LogP) is 0.873. The number of pyridine rings is 1. The number of hydrogen-bond acceptors (Lipinski definition) is 6. The summed E-state index contributed by atoms with van der Waals surface area (Å²) < 4.78 is 42.1. The first-order valence-electron chi connectivity index (χ1n) is 4.00. The molecule has 6 nitrogen and oxygen atoms in total. The number of nitrogens with zero attached hydrogens (tertiary/aromatic N) is 3. The second-order valence-electron chi connectivity index (χ2n) is 2.68. The molecule has 2 aromatic rings. The lowest BCUT2D eigenvalue weighted by atomic mass is 10.5. The zero-order chi connectivity index (χ0) is 11.6. The highest BCUT2D eigenvalue weighted by Crippen LogP contribution is 2.17. The summed E-state index contributed by atoms with van der Waals surface area (Å²) in [4.78, 5) is 3.47. The Morgan fingerprint density at radius 3 is 2.88 bits per heavy atom. The van der Waals surface area contributed by atoms with Crippen LogP contribution in [0.4, 0.5) is 9.39 Å². The normalized spacial score (nSPS) is 11.3. The topological polar surface area (TPSA) is 84.8 Å². The van der Waals surface area contributed by atoms with Gasteiger partial charge in [0.05, 0.1) is 6.20 Å². The number of sulfonamides is 1. The minimum Gasteiger partial charge on any atom is -0.266 e. The average Bonchev–Trinajstić information content (AvgIpc) is 2.70. The monoisotopic (exact) mass is 260 g/mol. The van der Waals surface area contributed by atoms with E-state index in [1.807, 2.05) is 0 Å². The summed E-state index contributed by atoms with van der Waals surface area (Å²) in [5.74, 6) is -0.910. The van der Waals surface area contributed by atoms with E-state index in [-0.39, 0.29) is 5.00 Å². The van der Waals surface area contributed by atoms with E-state index in [2.05, 4.69) is 19.3 Å². The lowest BCUT2D eigenvalue weighted by Crippen LogP contribution is -2.15. The zero-order valence-corrected chi connectivity index (χ0v) is 9.29. The van der Waals surface area contributed by atoms with Gasteiger partial charge in [0.25, 0.3) is 10.0 Å². The molecule has 0 atom stereocenters. The molecule has 0 bridgehead atoms. The first-order valence-corrected chi connectivity index (χ1v) is 6.26. The molecule has 0 aliphatic rings. The fourth-order valence-electron chi connectivity index (χ4n) is 0.962. The highest BCUT2D eigenvalue weighted by Gasteiger charge is 2.21. The van der Waals surface area contributed by atoms with Crippen LogP contribution in [0.5, 0.6) is 0 Å². The predicted molar refractivity (Wildman–Crippen MR) is 54.9 cm³/mol. The molecule has 9 heteroatoms. The van der Waals surface area contributed by atoms with Crippen molar-refractivity contribution in [2.24, 2.45) is 0 Å². The molecule has 0 unspecified atom stereocenters. The fourth-order valence-corrected chi connectivity index (χ4v) is 2.66. The van der Waals surface area contributed by atoms with Gasteiger partial charge in [-0.3, -0.25) is 4.72 Å². The smallest absolute Gasteiger partial charge is 0.266 e. The van der Waals surface area contributed by atoms with Crippen molar-refractivity contribution < 1.29 is 12.8 Å². The molecule has 0 aliphatic heterocycles. The maximum Gasteiger partial charge on any atom is 0.283 e. The molecule has 16 heavy (non-hydrogen) atoms. The van der Waals surface area contributed by atoms with Gasteiger partial charge in [-0.15, -0.1) is 5.10 Å². The third kappa shape index (κ3) is 2.14. The van der Waals surface area contributed by atoms with Gasteiger partial charge in [0.2, 0.25) is 5.03 Å². The van der Waals surface area contributed by atoms with Crippen molar-refractivity contribution in [1.82, 2.24) is 14.6 Å². The van der Waals surface area contributed by atoms with Crippen LogP contribution in [0.15, 0.2) is 29.6 Å². The van der Waals surface area contributed by atoms with E-state index in [1.165, 1.54) is 18.5 Å². The Bertz CT molecular complexity index is 584. The standard InChI is InChI=1S/C7H5FN4O2S2/c8-5-2-1-3-9-7(5)16(13,14)11-6-4-10-12-15-6/h1-4,11H. The lowest BCUT2D eigenvalue weighted by molar-refractivity contribution is 0.557. The molecule has 84 valence electrons. The fraction of sp³-hybridized carbons (Fsp3) is 0. The number of nitrogens with one attached hydrogen (secondary N) is 1. The van der Waals surface area contributed by atoms with Crippen LogP contribution in [-0.2, 0) is 10.0 Å². The maximum absolute atomic E-state index is 13.2. The molecule has 0 spiro atoms. The van der Waals surface area contributed by atoms with Gasteiger partial charge in [-0.2, -0.15) is 8.42 Å². The molecule has 0 radical (unpaired) electrons. The third-order valence-corrected chi connectivity index (χ3v) is 3.58. The Morgan fingerprint density at radius 2 is 2.25 bits per heavy atom. The molecule has 0 amide bonds. The summed E-state index contributed by atoms with van der Waals surface area (Å²) in [7, 11) is -4.02. The van der Waals surface area contributed by atoms with Gasteiger partial charge in [-0.25, -0.2) is 9.37 Å². The summed E-state index contributed by atoms with van der Waals surface area (Å²) in [5, 5.41) is 3.00. The number of hydrogen-bond donors (Lipinski definition) is 1. The average molecular weight is 260 g/mol. The van der Waals surface area contributed by atoms with Crippen LogP contribution >= 0.6 is 11.5 Å². The highest BCUT2D eigenvalue weighted by atomic mass is 32.2. The molecule has 0 fully saturated rings. The number of halogens is 1. The van der Waals surface area contributed by atoms with Gasteiger partial charge in [-0.05, 0) is 12.1 Å². The van der Waals surface area contributed by atoms with Crippen molar-refractivity contribution in [3.63, 3.8) is 0 Å². The van der Waals surface area contributed by atoms with Gasteiger partial charge in [0.15, 0.2) is 5.82 Å². The van der Waals surface area contributed by atoms with Crippen molar-refractivity contribution in [3.8, 4) is 0 Å². The number of aromatic nitrogens is 3. The molecule has 2 heterocycles. The van der Waals surface area contributed by atoms with Crippen LogP contribution in [0, 0.1) is 5.82 Å². The minimum atomic E-state index is -4.02. The van der Waals surface area contributed by atoms with Crippen LogP contribution in [0.3, 0.4) is 0 Å². The van der Waals surface area contributed by atoms with E-state index in [0.717, 1.165) is 17.6 Å². The molecule has 2 aromatic heterocycles. The van der Waals surface area contributed by atoms with E-state index < -0.39 is 20.9 Å². The minimum absolute atomic E-state index is 0.199. The van der Waals surface area contributed by atoms with Gasteiger partial charge < -0.3 is 0 Å². The summed E-state index contributed by atoms with van der Waals surface area (Å²) in [6.07, 6.45) is 2.42. The second-order valence-corrected chi connectivity index (χ2v) is 5.06. The van der Waals surface area contributed by atoms with Crippen LogP contribution < -0.4 is 4.72 Å². The molecule has 0 aliphatic carbocycles. The summed E-state index contributed by atoms with van der Waals surface area (Å²) in [6.45, 7) is 0. The summed E-state index contributed by atoms with van der Waals surface area (Å²) >= 11 is 0.849. The number of anilines is 1. The van der Waals surface area contributed by atoms with Crippen LogP contribution in [-0.4, -0.2) is 23.0 Å². The van der Waals surface area contributed by atoms with Gasteiger partial charge >= 0.3 is 0 Å². The second kappa shape index (κ2) is 4.10. The molecular formula is C7H5FN4O2S2. The molecule has 1 N–H and O–H groups in total. The molecule has 2 rings (SSSR count). The first kappa shape index (κ1) is 10.9.